The number of carbonyl (C=O) groups excluding carboxylic acids is 1. The predicted octanol–water partition coefficient (Wildman–Crippen LogP) is 3.97. The van der Waals surface area contributed by atoms with Crippen molar-refractivity contribution in [2.24, 2.45) is 0 Å². The van der Waals surface area contributed by atoms with E-state index in [0.717, 1.165) is 23.3 Å². The summed E-state index contributed by atoms with van der Waals surface area (Å²) in [5.41, 5.74) is 3.44. The first kappa shape index (κ1) is 15.4. The second-order valence-corrected chi connectivity index (χ2v) is 5.85. The summed E-state index contributed by atoms with van der Waals surface area (Å²) in [4.78, 5) is 12.5. The SMILES string of the molecule is CCOc1cc2c(cc1NC(=O)c1cccc(C)c1)O[C@@H](C)C2. The normalized spacial score (nSPS) is 15.7. The van der Waals surface area contributed by atoms with Crippen molar-refractivity contribution in [3.8, 4) is 11.5 Å². The van der Waals surface area contributed by atoms with E-state index in [1.54, 1.807) is 6.07 Å². The van der Waals surface area contributed by atoms with Gasteiger partial charge in [0.05, 0.1) is 12.3 Å². The molecule has 2 aromatic carbocycles. The van der Waals surface area contributed by atoms with E-state index in [2.05, 4.69) is 5.32 Å². The summed E-state index contributed by atoms with van der Waals surface area (Å²) in [5.74, 6) is 1.35. The number of aryl methyl sites for hydroxylation is 1. The molecule has 1 amide bonds. The molecule has 0 saturated carbocycles. The molecule has 0 radical (unpaired) electrons. The molecule has 0 fully saturated rings. The van der Waals surface area contributed by atoms with Crippen LogP contribution in [0.4, 0.5) is 5.69 Å². The molecular formula is C19H21NO3. The van der Waals surface area contributed by atoms with Gasteiger partial charge in [0.25, 0.3) is 5.91 Å². The number of amides is 1. The van der Waals surface area contributed by atoms with Crippen LogP contribution in [0.5, 0.6) is 11.5 Å². The average molecular weight is 311 g/mol. The van der Waals surface area contributed by atoms with E-state index in [1.807, 2.05) is 51.1 Å². The smallest absolute Gasteiger partial charge is 0.255 e. The molecule has 1 atom stereocenters. The molecule has 0 aliphatic carbocycles. The minimum Gasteiger partial charge on any atom is -0.492 e. The molecule has 0 unspecified atom stereocenters. The summed E-state index contributed by atoms with van der Waals surface area (Å²) in [5, 5.41) is 2.94. The lowest BCUT2D eigenvalue weighted by Gasteiger charge is -2.13. The lowest BCUT2D eigenvalue weighted by Crippen LogP contribution is -2.13. The Bertz CT molecular complexity index is 739. The summed E-state index contributed by atoms with van der Waals surface area (Å²) < 4.78 is 11.5. The van der Waals surface area contributed by atoms with Gasteiger partial charge >= 0.3 is 0 Å². The second kappa shape index (κ2) is 6.32. The van der Waals surface area contributed by atoms with Crippen LogP contribution in [0, 0.1) is 6.92 Å². The van der Waals surface area contributed by atoms with E-state index < -0.39 is 0 Å². The monoisotopic (exact) mass is 311 g/mol. The van der Waals surface area contributed by atoms with Crippen molar-refractivity contribution in [3.05, 3.63) is 53.1 Å². The Labute approximate surface area is 136 Å². The summed E-state index contributed by atoms with van der Waals surface area (Å²) in [7, 11) is 0. The van der Waals surface area contributed by atoms with Crippen molar-refractivity contribution < 1.29 is 14.3 Å². The summed E-state index contributed by atoms with van der Waals surface area (Å²) in [6.45, 7) is 6.47. The van der Waals surface area contributed by atoms with Crippen molar-refractivity contribution in [2.75, 3.05) is 11.9 Å². The Morgan fingerprint density at radius 2 is 2.17 bits per heavy atom. The molecule has 0 saturated heterocycles. The molecule has 1 aliphatic rings. The van der Waals surface area contributed by atoms with Gasteiger partial charge in [0, 0.05) is 23.6 Å². The van der Waals surface area contributed by atoms with Gasteiger partial charge in [-0.25, -0.2) is 0 Å². The van der Waals surface area contributed by atoms with Crippen molar-refractivity contribution in [3.63, 3.8) is 0 Å². The zero-order valence-corrected chi connectivity index (χ0v) is 13.7. The van der Waals surface area contributed by atoms with Crippen LogP contribution in [-0.4, -0.2) is 18.6 Å². The molecule has 1 aliphatic heterocycles. The summed E-state index contributed by atoms with van der Waals surface area (Å²) in [6.07, 6.45) is 1.02. The minimum atomic E-state index is -0.152. The summed E-state index contributed by atoms with van der Waals surface area (Å²) >= 11 is 0. The zero-order valence-electron chi connectivity index (χ0n) is 13.7. The largest absolute Gasteiger partial charge is 0.492 e. The predicted molar refractivity (Wildman–Crippen MR) is 90.5 cm³/mol. The van der Waals surface area contributed by atoms with Gasteiger partial charge in [0.2, 0.25) is 0 Å². The van der Waals surface area contributed by atoms with Gasteiger partial charge in [-0.15, -0.1) is 0 Å². The van der Waals surface area contributed by atoms with Gasteiger partial charge < -0.3 is 14.8 Å². The molecule has 0 aromatic heterocycles. The maximum Gasteiger partial charge on any atom is 0.255 e. The van der Waals surface area contributed by atoms with Crippen LogP contribution < -0.4 is 14.8 Å². The van der Waals surface area contributed by atoms with Crippen LogP contribution in [0.2, 0.25) is 0 Å². The molecule has 23 heavy (non-hydrogen) atoms. The fourth-order valence-electron chi connectivity index (χ4n) is 2.79. The van der Waals surface area contributed by atoms with Crippen molar-refractivity contribution >= 4 is 11.6 Å². The van der Waals surface area contributed by atoms with E-state index in [4.69, 9.17) is 9.47 Å². The molecule has 1 N–H and O–H groups in total. The number of nitrogens with one attached hydrogen (secondary N) is 1. The number of carbonyl (C=O) groups is 1. The van der Waals surface area contributed by atoms with Crippen molar-refractivity contribution in [2.45, 2.75) is 33.3 Å². The first-order valence-corrected chi connectivity index (χ1v) is 7.91. The molecule has 0 bridgehead atoms. The Balaban J connectivity index is 1.89. The standard InChI is InChI=1S/C19H21NO3/c1-4-22-18-10-15-9-13(3)23-17(15)11-16(18)20-19(21)14-7-5-6-12(2)8-14/h5-8,10-11,13H,4,9H2,1-3H3,(H,20,21)/t13-/m0/s1. The fourth-order valence-corrected chi connectivity index (χ4v) is 2.79. The average Bonchev–Trinajstić information content (AvgIpc) is 2.87. The molecule has 4 heteroatoms. The number of hydrogen-bond donors (Lipinski definition) is 1. The maximum atomic E-state index is 12.5. The van der Waals surface area contributed by atoms with Gasteiger partial charge in [0.1, 0.15) is 17.6 Å². The van der Waals surface area contributed by atoms with Gasteiger partial charge in [-0.05, 0) is 39.0 Å². The van der Waals surface area contributed by atoms with E-state index in [-0.39, 0.29) is 12.0 Å². The van der Waals surface area contributed by atoms with E-state index in [0.29, 0.717) is 23.6 Å². The number of ether oxygens (including phenoxy) is 2. The number of anilines is 1. The number of benzene rings is 2. The topological polar surface area (TPSA) is 47.6 Å². The molecule has 0 spiro atoms. The number of hydrogen-bond acceptors (Lipinski definition) is 3. The van der Waals surface area contributed by atoms with Crippen molar-refractivity contribution in [1.29, 1.82) is 0 Å². The third-order valence-corrected chi connectivity index (χ3v) is 3.83. The third-order valence-electron chi connectivity index (χ3n) is 3.83. The minimum absolute atomic E-state index is 0.152. The molecule has 120 valence electrons. The van der Waals surface area contributed by atoms with Crippen LogP contribution in [0.25, 0.3) is 0 Å². The van der Waals surface area contributed by atoms with Gasteiger partial charge in [-0.3, -0.25) is 4.79 Å². The third kappa shape index (κ3) is 3.31. The van der Waals surface area contributed by atoms with Crippen molar-refractivity contribution in [1.82, 2.24) is 0 Å². The Hall–Kier alpha value is -2.49. The molecule has 1 heterocycles. The fraction of sp³-hybridized carbons (Fsp3) is 0.316. The van der Waals surface area contributed by atoms with Crippen LogP contribution >= 0.6 is 0 Å². The molecule has 2 aromatic rings. The van der Waals surface area contributed by atoms with E-state index in [1.165, 1.54) is 0 Å². The second-order valence-electron chi connectivity index (χ2n) is 5.85. The van der Waals surface area contributed by atoms with Crippen LogP contribution in [-0.2, 0) is 6.42 Å². The molecular weight excluding hydrogens is 290 g/mol. The number of fused-ring (bicyclic) bond motifs is 1. The Morgan fingerprint density at radius 1 is 1.35 bits per heavy atom. The van der Waals surface area contributed by atoms with Crippen LogP contribution in [0.3, 0.4) is 0 Å². The van der Waals surface area contributed by atoms with E-state index >= 15 is 0 Å². The zero-order chi connectivity index (χ0) is 16.4. The van der Waals surface area contributed by atoms with Crippen LogP contribution in [0.1, 0.15) is 35.3 Å². The molecule has 4 nitrogen and oxygen atoms in total. The van der Waals surface area contributed by atoms with Crippen LogP contribution in [0.15, 0.2) is 36.4 Å². The Morgan fingerprint density at radius 3 is 2.91 bits per heavy atom. The quantitative estimate of drug-likeness (QED) is 0.929. The van der Waals surface area contributed by atoms with Gasteiger partial charge in [-0.1, -0.05) is 17.7 Å². The highest BCUT2D eigenvalue weighted by Gasteiger charge is 2.22. The highest BCUT2D eigenvalue weighted by atomic mass is 16.5. The highest BCUT2D eigenvalue weighted by Crippen LogP contribution is 2.38. The number of rotatable bonds is 4. The van der Waals surface area contributed by atoms with Gasteiger partial charge in [0.15, 0.2) is 0 Å². The van der Waals surface area contributed by atoms with E-state index in [9.17, 15) is 4.79 Å². The van der Waals surface area contributed by atoms with Gasteiger partial charge in [-0.2, -0.15) is 0 Å². The molecule has 3 rings (SSSR count). The first-order valence-electron chi connectivity index (χ1n) is 7.91. The maximum absolute atomic E-state index is 12.5. The summed E-state index contributed by atoms with van der Waals surface area (Å²) in [6, 6.07) is 11.3. The highest BCUT2D eigenvalue weighted by molar-refractivity contribution is 6.05. The Kier molecular flexibility index (Phi) is 4.24. The lowest BCUT2D eigenvalue weighted by atomic mass is 10.1. The lowest BCUT2D eigenvalue weighted by molar-refractivity contribution is 0.102. The first-order chi connectivity index (χ1) is 11.1.